The molecule has 0 aromatic carbocycles. The highest BCUT2D eigenvalue weighted by Gasteiger charge is 2.10. The van der Waals surface area contributed by atoms with Crippen molar-refractivity contribution < 1.29 is 4.42 Å². The van der Waals surface area contributed by atoms with Crippen LogP contribution in [0.2, 0.25) is 0 Å². The molecule has 2 aromatic heterocycles. The van der Waals surface area contributed by atoms with Crippen molar-refractivity contribution in [3.05, 3.63) is 24.1 Å². The van der Waals surface area contributed by atoms with Crippen molar-refractivity contribution in [2.75, 3.05) is 6.54 Å². The van der Waals surface area contributed by atoms with E-state index in [1.807, 2.05) is 16.8 Å². The van der Waals surface area contributed by atoms with Crippen LogP contribution in [-0.4, -0.2) is 21.5 Å². The molecule has 0 radical (unpaired) electrons. The van der Waals surface area contributed by atoms with Crippen LogP contribution in [0.3, 0.4) is 0 Å². The maximum absolute atomic E-state index is 5.75. The van der Waals surface area contributed by atoms with Gasteiger partial charge >= 0.3 is 0 Å². The van der Waals surface area contributed by atoms with Gasteiger partial charge in [-0.25, -0.2) is 4.68 Å². The van der Waals surface area contributed by atoms with Crippen LogP contribution in [-0.2, 0) is 13.1 Å². The summed E-state index contributed by atoms with van der Waals surface area (Å²) in [6.45, 7) is 6.74. The van der Waals surface area contributed by atoms with Crippen molar-refractivity contribution in [1.29, 1.82) is 0 Å². The molecule has 0 aliphatic rings. The van der Waals surface area contributed by atoms with E-state index in [9.17, 15) is 0 Å². The largest absolute Gasteiger partial charge is 0.458 e. The predicted molar refractivity (Wildman–Crippen MR) is 65.4 cm³/mol. The van der Waals surface area contributed by atoms with Crippen LogP contribution in [0.25, 0.3) is 11.5 Å². The Bertz CT molecular complexity index is 461. The average Bonchev–Trinajstić information content (AvgIpc) is 2.95. The first kappa shape index (κ1) is 11.9. The van der Waals surface area contributed by atoms with E-state index in [1.165, 1.54) is 0 Å². The van der Waals surface area contributed by atoms with Gasteiger partial charge in [-0.05, 0) is 25.1 Å². The smallest absolute Gasteiger partial charge is 0.154 e. The van der Waals surface area contributed by atoms with Crippen LogP contribution in [0.15, 0.2) is 22.7 Å². The van der Waals surface area contributed by atoms with Crippen LogP contribution in [0.4, 0.5) is 0 Å². The molecule has 0 aliphatic carbocycles. The first-order valence-electron chi connectivity index (χ1n) is 6.03. The lowest BCUT2D eigenvalue weighted by Gasteiger charge is -2.01. The molecular formula is C12H18N4O. The Morgan fingerprint density at radius 2 is 2.24 bits per heavy atom. The Labute approximate surface area is 101 Å². The number of furan rings is 1. The number of nitrogens with zero attached hydrogens (tertiary/aromatic N) is 3. The maximum Gasteiger partial charge on any atom is 0.154 e. The van der Waals surface area contributed by atoms with Crippen molar-refractivity contribution in [2.24, 2.45) is 0 Å². The number of hydrogen-bond donors (Lipinski definition) is 1. The number of hydrogen-bond acceptors (Lipinski definition) is 4. The number of aryl methyl sites for hydroxylation is 1. The standard InChI is InChI=1S/C12H18N4O/c1-3-7-16-11(9-14-15-16)12-6-5-10(17-12)8-13-4-2/h5-6,9,13H,3-4,7-8H2,1-2H3. The van der Waals surface area contributed by atoms with Crippen molar-refractivity contribution in [2.45, 2.75) is 33.4 Å². The van der Waals surface area contributed by atoms with Gasteiger partial charge in [-0.3, -0.25) is 0 Å². The van der Waals surface area contributed by atoms with Gasteiger partial charge in [0.15, 0.2) is 5.76 Å². The molecule has 0 saturated heterocycles. The topological polar surface area (TPSA) is 55.9 Å². The zero-order chi connectivity index (χ0) is 12.1. The van der Waals surface area contributed by atoms with Crippen molar-refractivity contribution in [1.82, 2.24) is 20.3 Å². The van der Waals surface area contributed by atoms with Gasteiger partial charge in [-0.1, -0.05) is 19.1 Å². The monoisotopic (exact) mass is 234 g/mol. The predicted octanol–water partition coefficient (Wildman–Crippen LogP) is 2.06. The fraction of sp³-hybridized carbons (Fsp3) is 0.500. The van der Waals surface area contributed by atoms with Crippen LogP contribution in [0.5, 0.6) is 0 Å². The molecule has 1 N–H and O–H groups in total. The second-order valence-corrected chi connectivity index (χ2v) is 3.89. The second-order valence-electron chi connectivity index (χ2n) is 3.89. The van der Waals surface area contributed by atoms with E-state index in [-0.39, 0.29) is 0 Å². The molecule has 92 valence electrons. The molecule has 0 fully saturated rings. The average molecular weight is 234 g/mol. The molecule has 2 heterocycles. The fourth-order valence-corrected chi connectivity index (χ4v) is 1.68. The van der Waals surface area contributed by atoms with Gasteiger partial charge in [0.05, 0.1) is 12.7 Å². The summed E-state index contributed by atoms with van der Waals surface area (Å²) in [5.74, 6) is 1.77. The summed E-state index contributed by atoms with van der Waals surface area (Å²) in [6, 6.07) is 3.96. The molecule has 2 aromatic rings. The molecule has 0 amide bonds. The van der Waals surface area contributed by atoms with Crippen molar-refractivity contribution >= 4 is 0 Å². The minimum Gasteiger partial charge on any atom is -0.458 e. The van der Waals surface area contributed by atoms with E-state index < -0.39 is 0 Å². The fourth-order valence-electron chi connectivity index (χ4n) is 1.68. The number of nitrogens with one attached hydrogen (secondary N) is 1. The minimum atomic E-state index is 0.756. The quantitative estimate of drug-likeness (QED) is 0.831. The van der Waals surface area contributed by atoms with Gasteiger partial charge in [0.1, 0.15) is 11.5 Å². The minimum absolute atomic E-state index is 0.756. The molecular weight excluding hydrogens is 216 g/mol. The lowest BCUT2D eigenvalue weighted by atomic mass is 10.3. The SMILES string of the molecule is CCCn1nncc1-c1ccc(CNCC)o1. The third-order valence-electron chi connectivity index (χ3n) is 2.52. The summed E-state index contributed by atoms with van der Waals surface area (Å²) in [5.41, 5.74) is 0.939. The van der Waals surface area contributed by atoms with Crippen molar-refractivity contribution in [3.63, 3.8) is 0 Å². The summed E-state index contributed by atoms with van der Waals surface area (Å²) in [4.78, 5) is 0. The zero-order valence-corrected chi connectivity index (χ0v) is 10.3. The normalized spacial score (nSPS) is 10.9. The Balaban J connectivity index is 2.15. The van der Waals surface area contributed by atoms with E-state index in [0.717, 1.165) is 43.3 Å². The van der Waals surface area contributed by atoms with E-state index in [1.54, 1.807) is 6.20 Å². The molecule has 2 rings (SSSR count). The first-order valence-corrected chi connectivity index (χ1v) is 6.03. The third kappa shape index (κ3) is 2.74. The lowest BCUT2D eigenvalue weighted by molar-refractivity contribution is 0.489. The molecule has 0 spiro atoms. The van der Waals surface area contributed by atoms with Gasteiger partial charge in [0.25, 0.3) is 0 Å². The van der Waals surface area contributed by atoms with E-state index in [2.05, 4.69) is 29.5 Å². The van der Waals surface area contributed by atoms with E-state index in [4.69, 9.17) is 4.42 Å². The lowest BCUT2D eigenvalue weighted by Crippen LogP contribution is -2.10. The Hall–Kier alpha value is -1.62. The summed E-state index contributed by atoms with van der Waals surface area (Å²) in [5, 5.41) is 11.2. The van der Waals surface area contributed by atoms with Gasteiger partial charge in [0, 0.05) is 6.54 Å². The van der Waals surface area contributed by atoms with Gasteiger partial charge < -0.3 is 9.73 Å². The summed E-state index contributed by atoms with van der Waals surface area (Å²) >= 11 is 0. The van der Waals surface area contributed by atoms with Crippen LogP contribution < -0.4 is 5.32 Å². The molecule has 0 saturated carbocycles. The molecule has 0 unspecified atom stereocenters. The molecule has 5 nitrogen and oxygen atoms in total. The maximum atomic E-state index is 5.75. The van der Waals surface area contributed by atoms with E-state index in [0.29, 0.717) is 0 Å². The highest BCUT2D eigenvalue weighted by Crippen LogP contribution is 2.21. The molecule has 0 aliphatic heterocycles. The van der Waals surface area contributed by atoms with Gasteiger partial charge in [-0.2, -0.15) is 0 Å². The first-order chi connectivity index (χ1) is 8.35. The highest BCUT2D eigenvalue weighted by molar-refractivity contribution is 5.51. The Morgan fingerprint density at radius 3 is 3.00 bits per heavy atom. The van der Waals surface area contributed by atoms with Crippen LogP contribution in [0, 0.1) is 0 Å². The molecule has 0 atom stereocenters. The molecule has 17 heavy (non-hydrogen) atoms. The van der Waals surface area contributed by atoms with Crippen molar-refractivity contribution in [3.8, 4) is 11.5 Å². The summed E-state index contributed by atoms with van der Waals surface area (Å²) < 4.78 is 7.62. The third-order valence-corrected chi connectivity index (χ3v) is 2.52. The second kappa shape index (κ2) is 5.63. The number of rotatable bonds is 6. The summed E-state index contributed by atoms with van der Waals surface area (Å²) in [6.07, 6.45) is 2.77. The Morgan fingerprint density at radius 1 is 1.35 bits per heavy atom. The highest BCUT2D eigenvalue weighted by atomic mass is 16.3. The van der Waals surface area contributed by atoms with Crippen LogP contribution >= 0.6 is 0 Å². The Kier molecular flexibility index (Phi) is 3.93. The van der Waals surface area contributed by atoms with E-state index >= 15 is 0 Å². The number of aromatic nitrogens is 3. The zero-order valence-electron chi connectivity index (χ0n) is 10.3. The summed E-state index contributed by atoms with van der Waals surface area (Å²) in [7, 11) is 0. The molecule has 0 bridgehead atoms. The molecule has 5 heteroatoms. The van der Waals surface area contributed by atoms with Gasteiger partial charge in [-0.15, -0.1) is 5.10 Å². The van der Waals surface area contributed by atoms with Gasteiger partial charge in [0.2, 0.25) is 0 Å². The van der Waals surface area contributed by atoms with Crippen LogP contribution in [0.1, 0.15) is 26.0 Å².